The van der Waals surface area contributed by atoms with E-state index in [2.05, 4.69) is 5.32 Å². The maximum atomic E-state index is 13.3. The quantitative estimate of drug-likeness (QED) is 0.862. The Bertz CT molecular complexity index is 637. The first-order valence-corrected chi connectivity index (χ1v) is 7.06. The first kappa shape index (κ1) is 15.9. The first-order chi connectivity index (χ1) is 10.1. The fraction of sp³-hybridized carbons (Fsp3) is 0.200. The minimum atomic E-state index is -0.385. The monoisotopic (exact) mass is 328 g/mol. The fourth-order valence-electron chi connectivity index (χ4n) is 2.08. The number of nitrogens with one attached hydrogen (secondary N) is 1. The van der Waals surface area contributed by atoms with Crippen molar-refractivity contribution in [1.82, 2.24) is 0 Å². The molecule has 0 aromatic heterocycles. The van der Waals surface area contributed by atoms with Crippen molar-refractivity contribution in [3.8, 4) is 5.75 Å². The molecule has 2 aromatic carbocycles. The maximum absolute atomic E-state index is 13.3. The zero-order valence-electron chi connectivity index (χ0n) is 11.4. The van der Waals surface area contributed by atoms with Gasteiger partial charge in [0, 0.05) is 17.1 Å². The summed E-state index contributed by atoms with van der Waals surface area (Å²) in [6.45, 7) is 0.243. The van der Waals surface area contributed by atoms with Crippen LogP contribution < -0.4 is 15.8 Å². The Kier molecular flexibility index (Phi) is 5.28. The Labute approximate surface area is 132 Å². The molecule has 0 radical (unpaired) electrons. The number of methoxy groups -OCH3 is 1. The van der Waals surface area contributed by atoms with E-state index in [1.807, 2.05) is 0 Å². The van der Waals surface area contributed by atoms with Gasteiger partial charge < -0.3 is 15.8 Å². The van der Waals surface area contributed by atoms with Crippen LogP contribution in [0.2, 0.25) is 10.0 Å². The van der Waals surface area contributed by atoms with Crippen LogP contribution in [0.3, 0.4) is 0 Å². The second-order valence-electron chi connectivity index (χ2n) is 4.41. The van der Waals surface area contributed by atoms with Gasteiger partial charge in [-0.3, -0.25) is 0 Å². The summed E-state index contributed by atoms with van der Waals surface area (Å²) in [6.07, 6.45) is 0. The second kappa shape index (κ2) is 6.98. The molecule has 0 saturated carbocycles. The van der Waals surface area contributed by atoms with E-state index >= 15 is 0 Å². The molecule has 3 N–H and O–H groups in total. The smallest absolute Gasteiger partial charge is 0.125 e. The van der Waals surface area contributed by atoms with E-state index in [1.165, 1.54) is 18.2 Å². The highest BCUT2D eigenvalue weighted by atomic mass is 35.5. The molecule has 1 atom stereocenters. The van der Waals surface area contributed by atoms with Gasteiger partial charge in [0.1, 0.15) is 11.6 Å². The molecule has 0 aliphatic rings. The van der Waals surface area contributed by atoms with Gasteiger partial charge >= 0.3 is 0 Å². The number of nitrogens with two attached hydrogens (primary N) is 1. The zero-order valence-corrected chi connectivity index (χ0v) is 12.9. The van der Waals surface area contributed by atoms with Crippen LogP contribution in [0.25, 0.3) is 0 Å². The van der Waals surface area contributed by atoms with Gasteiger partial charge in [0.2, 0.25) is 0 Å². The number of benzene rings is 2. The van der Waals surface area contributed by atoms with Gasteiger partial charge in [0.05, 0.1) is 23.9 Å². The Morgan fingerprint density at radius 3 is 2.67 bits per heavy atom. The molecule has 0 saturated heterocycles. The lowest BCUT2D eigenvalue weighted by Crippen LogP contribution is -2.22. The van der Waals surface area contributed by atoms with Crippen LogP contribution in [0.15, 0.2) is 36.4 Å². The molecule has 0 heterocycles. The van der Waals surface area contributed by atoms with Crippen LogP contribution in [0.5, 0.6) is 5.75 Å². The molecule has 1 unspecified atom stereocenters. The van der Waals surface area contributed by atoms with Gasteiger partial charge in [0.25, 0.3) is 0 Å². The molecule has 2 rings (SSSR count). The van der Waals surface area contributed by atoms with Gasteiger partial charge in [-0.05, 0) is 30.3 Å². The van der Waals surface area contributed by atoms with E-state index in [0.29, 0.717) is 27.0 Å². The molecule has 0 aliphatic carbocycles. The number of ether oxygens (including phenoxy) is 1. The van der Waals surface area contributed by atoms with Crippen molar-refractivity contribution < 1.29 is 9.13 Å². The van der Waals surface area contributed by atoms with Crippen LogP contribution in [-0.2, 0) is 0 Å². The lowest BCUT2D eigenvalue weighted by atomic mass is 10.0. The van der Waals surface area contributed by atoms with Crippen molar-refractivity contribution >= 4 is 28.9 Å². The standard InChI is InChI=1S/C15H15Cl2FN2O/c1-21-14-4-2-3-11(17)15(14)13(8-19)20-12-7-9(18)5-6-10(12)16/h2-7,13,20H,8,19H2,1H3. The Balaban J connectivity index is 2.39. The number of halogens is 3. The zero-order chi connectivity index (χ0) is 15.4. The van der Waals surface area contributed by atoms with Crippen molar-refractivity contribution in [2.24, 2.45) is 5.73 Å². The highest BCUT2D eigenvalue weighted by Crippen LogP contribution is 2.35. The van der Waals surface area contributed by atoms with E-state index < -0.39 is 0 Å². The third-order valence-corrected chi connectivity index (χ3v) is 3.73. The van der Waals surface area contributed by atoms with Crippen molar-refractivity contribution in [3.05, 3.63) is 57.8 Å². The summed E-state index contributed by atoms with van der Waals surface area (Å²) in [5.74, 6) is 0.224. The number of hydrogen-bond donors (Lipinski definition) is 2. The molecule has 21 heavy (non-hydrogen) atoms. The second-order valence-corrected chi connectivity index (χ2v) is 5.23. The molecule has 0 fully saturated rings. The lowest BCUT2D eigenvalue weighted by Gasteiger charge is -2.22. The minimum absolute atomic E-state index is 0.243. The molecule has 112 valence electrons. The summed E-state index contributed by atoms with van der Waals surface area (Å²) in [4.78, 5) is 0. The lowest BCUT2D eigenvalue weighted by molar-refractivity contribution is 0.407. The summed E-state index contributed by atoms with van der Waals surface area (Å²) in [7, 11) is 1.55. The van der Waals surface area contributed by atoms with Gasteiger partial charge in [-0.1, -0.05) is 29.3 Å². The Morgan fingerprint density at radius 1 is 1.24 bits per heavy atom. The van der Waals surface area contributed by atoms with Crippen LogP contribution in [0.1, 0.15) is 11.6 Å². The molecule has 0 aliphatic heterocycles. The normalized spacial score (nSPS) is 12.0. The average molecular weight is 329 g/mol. The predicted octanol–water partition coefficient (Wildman–Crippen LogP) is 4.25. The molecule has 3 nitrogen and oxygen atoms in total. The first-order valence-electron chi connectivity index (χ1n) is 6.31. The van der Waals surface area contributed by atoms with E-state index in [0.717, 1.165) is 0 Å². The van der Waals surface area contributed by atoms with Gasteiger partial charge in [0.15, 0.2) is 0 Å². The van der Waals surface area contributed by atoms with Crippen LogP contribution in [0, 0.1) is 5.82 Å². The average Bonchev–Trinajstić information content (AvgIpc) is 2.48. The van der Waals surface area contributed by atoms with E-state index in [1.54, 1.807) is 25.3 Å². The highest BCUT2D eigenvalue weighted by molar-refractivity contribution is 6.33. The molecule has 0 amide bonds. The van der Waals surface area contributed by atoms with Crippen LogP contribution in [-0.4, -0.2) is 13.7 Å². The molecule has 0 bridgehead atoms. The van der Waals surface area contributed by atoms with Crippen LogP contribution >= 0.6 is 23.2 Å². The Morgan fingerprint density at radius 2 is 2.00 bits per heavy atom. The number of anilines is 1. The van der Waals surface area contributed by atoms with E-state index in [9.17, 15) is 4.39 Å². The summed E-state index contributed by atoms with van der Waals surface area (Å²) in [6, 6.07) is 9.06. The third-order valence-electron chi connectivity index (χ3n) is 3.08. The Hall–Kier alpha value is -1.49. The van der Waals surface area contributed by atoms with E-state index in [4.69, 9.17) is 33.7 Å². The predicted molar refractivity (Wildman–Crippen MR) is 84.8 cm³/mol. The van der Waals surface area contributed by atoms with Gasteiger partial charge in [-0.2, -0.15) is 0 Å². The minimum Gasteiger partial charge on any atom is -0.496 e. The summed E-state index contributed by atoms with van der Waals surface area (Å²) in [5.41, 5.74) is 6.99. The largest absolute Gasteiger partial charge is 0.496 e. The van der Waals surface area contributed by atoms with Crippen molar-refractivity contribution in [2.75, 3.05) is 19.0 Å². The molecular weight excluding hydrogens is 314 g/mol. The fourth-order valence-corrected chi connectivity index (χ4v) is 2.55. The molecule has 2 aromatic rings. The topological polar surface area (TPSA) is 47.3 Å². The van der Waals surface area contributed by atoms with Crippen molar-refractivity contribution in [1.29, 1.82) is 0 Å². The number of rotatable bonds is 5. The van der Waals surface area contributed by atoms with E-state index in [-0.39, 0.29) is 18.4 Å². The number of hydrogen-bond acceptors (Lipinski definition) is 3. The van der Waals surface area contributed by atoms with Gasteiger partial charge in [-0.15, -0.1) is 0 Å². The maximum Gasteiger partial charge on any atom is 0.125 e. The summed E-state index contributed by atoms with van der Waals surface area (Å²) in [5, 5.41) is 4.03. The third kappa shape index (κ3) is 3.59. The molecular formula is C15H15Cl2FN2O. The summed E-state index contributed by atoms with van der Waals surface area (Å²) >= 11 is 12.3. The summed E-state index contributed by atoms with van der Waals surface area (Å²) < 4.78 is 18.7. The molecule has 6 heteroatoms. The molecule has 0 spiro atoms. The highest BCUT2D eigenvalue weighted by Gasteiger charge is 2.19. The SMILES string of the molecule is COc1cccc(Cl)c1C(CN)Nc1cc(F)ccc1Cl. The van der Waals surface area contributed by atoms with Crippen molar-refractivity contribution in [3.63, 3.8) is 0 Å². The van der Waals surface area contributed by atoms with Gasteiger partial charge in [-0.25, -0.2) is 4.39 Å². The van der Waals surface area contributed by atoms with Crippen LogP contribution in [0.4, 0.5) is 10.1 Å². The van der Waals surface area contributed by atoms with Crippen molar-refractivity contribution in [2.45, 2.75) is 6.04 Å².